The van der Waals surface area contributed by atoms with E-state index in [0.717, 1.165) is 17.1 Å². The number of rotatable bonds is 5. The Balaban J connectivity index is 1.54. The van der Waals surface area contributed by atoms with Crippen molar-refractivity contribution in [2.45, 2.75) is 24.8 Å². The molecule has 5 rings (SSSR count). The minimum absolute atomic E-state index is 0.140. The van der Waals surface area contributed by atoms with Crippen LogP contribution in [0.15, 0.2) is 64.5 Å². The maximum absolute atomic E-state index is 12.3. The molecule has 0 aliphatic rings. The maximum atomic E-state index is 12.3. The Hall–Kier alpha value is -3.92. The number of hydrogen-bond donors (Lipinski definition) is 2. The number of thioether (sulfide) groups is 1. The molecule has 0 aliphatic carbocycles. The van der Waals surface area contributed by atoms with Gasteiger partial charge in [0.15, 0.2) is 11.0 Å². The number of fused-ring (bicyclic) bond motifs is 1. The van der Waals surface area contributed by atoms with E-state index < -0.39 is 0 Å². The van der Waals surface area contributed by atoms with Gasteiger partial charge in [-0.25, -0.2) is 4.98 Å². The van der Waals surface area contributed by atoms with Crippen LogP contribution >= 0.6 is 11.8 Å². The van der Waals surface area contributed by atoms with Crippen LogP contribution in [-0.4, -0.2) is 34.3 Å². The van der Waals surface area contributed by atoms with E-state index >= 15 is 0 Å². The third kappa shape index (κ3) is 3.65. The highest BCUT2D eigenvalue weighted by molar-refractivity contribution is 7.98. The monoisotopic (exact) mass is 444 g/mol. The fourth-order valence-corrected chi connectivity index (χ4v) is 4.24. The average Bonchev–Trinajstić information content (AvgIpc) is 3.38. The number of H-pyrrole nitrogens is 1. The van der Waals surface area contributed by atoms with Crippen LogP contribution in [0.1, 0.15) is 16.8 Å². The molecule has 160 valence electrons. The molecule has 9 nitrogen and oxygen atoms in total. The molecule has 3 aromatic heterocycles. The number of aromatic nitrogens is 7. The maximum Gasteiger partial charge on any atom is 0.274 e. The normalized spacial score (nSPS) is 11.3. The van der Waals surface area contributed by atoms with Crippen LogP contribution < -0.4 is 11.3 Å². The van der Waals surface area contributed by atoms with Crippen LogP contribution in [0.4, 0.5) is 5.95 Å². The highest BCUT2D eigenvalue weighted by Gasteiger charge is 2.17. The molecule has 32 heavy (non-hydrogen) atoms. The minimum Gasteiger partial charge on any atom is -0.368 e. The van der Waals surface area contributed by atoms with E-state index in [1.807, 2.05) is 34.9 Å². The van der Waals surface area contributed by atoms with Crippen molar-refractivity contribution in [2.75, 3.05) is 5.73 Å². The predicted molar refractivity (Wildman–Crippen MR) is 124 cm³/mol. The number of aromatic amines is 1. The lowest BCUT2D eigenvalue weighted by molar-refractivity contribution is 0.877. The molecule has 0 saturated carbocycles. The summed E-state index contributed by atoms with van der Waals surface area (Å²) in [5.74, 6) is 1.56. The quantitative estimate of drug-likeness (QED) is 0.400. The zero-order chi connectivity index (χ0) is 22.2. The summed E-state index contributed by atoms with van der Waals surface area (Å²) in [4.78, 5) is 20.8. The highest BCUT2D eigenvalue weighted by atomic mass is 32.2. The molecule has 0 unspecified atom stereocenters. The van der Waals surface area contributed by atoms with Gasteiger partial charge in [-0.15, -0.1) is 10.2 Å². The molecular weight excluding hydrogens is 424 g/mol. The number of nitrogens with one attached hydrogen (secondary N) is 1. The lowest BCUT2D eigenvalue weighted by Gasteiger charge is -2.12. The van der Waals surface area contributed by atoms with Gasteiger partial charge < -0.3 is 5.73 Å². The van der Waals surface area contributed by atoms with Crippen LogP contribution in [0.5, 0.6) is 0 Å². The van der Waals surface area contributed by atoms with Crippen molar-refractivity contribution in [2.24, 2.45) is 0 Å². The predicted octanol–water partition coefficient (Wildman–Crippen LogP) is 3.16. The van der Waals surface area contributed by atoms with Gasteiger partial charge in [-0.2, -0.15) is 9.50 Å². The number of nitrogen functional groups attached to an aromatic ring is 1. The summed E-state index contributed by atoms with van der Waals surface area (Å²) in [7, 11) is 0. The van der Waals surface area contributed by atoms with Gasteiger partial charge in [-0.1, -0.05) is 48.2 Å². The van der Waals surface area contributed by atoms with E-state index in [2.05, 4.69) is 57.3 Å². The van der Waals surface area contributed by atoms with Crippen LogP contribution in [0.3, 0.4) is 0 Å². The Morgan fingerprint density at radius 2 is 1.81 bits per heavy atom. The Bertz CT molecular complexity index is 1490. The second-order valence-corrected chi connectivity index (χ2v) is 8.34. The zero-order valence-electron chi connectivity index (χ0n) is 17.5. The minimum atomic E-state index is -0.268. The van der Waals surface area contributed by atoms with Crippen molar-refractivity contribution in [1.29, 1.82) is 0 Å². The van der Waals surface area contributed by atoms with Gasteiger partial charge in [0.2, 0.25) is 5.95 Å². The number of aryl methyl sites for hydroxylation is 2. The van der Waals surface area contributed by atoms with Crippen molar-refractivity contribution in [3.8, 4) is 17.1 Å². The van der Waals surface area contributed by atoms with Crippen LogP contribution in [-0.2, 0) is 5.75 Å². The van der Waals surface area contributed by atoms with Crippen molar-refractivity contribution in [3.05, 3.63) is 81.8 Å². The molecule has 0 fully saturated rings. The summed E-state index contributed by atoms with van der Waals surface area (Å²) in [5.41, 5.74) is 10.3. The van der Waals surface area contributed by atoms with E-state index in [1.54, 1.807) is 0 Å². The summed E-state index contributed by atoms with van der Waals surface area (Å²) in [5, 5.41) is 12.3. The Morgan fingerprint density at radius 1 is 1.00 bits per heavy atom. The molecule has 10 heteroatoms. The zero-order valence-corrected chi connectivity index (χ0v) is 18.3. The van der Waals surface area contributed by atoms with E-state index in [4.69, 9.17) is 5.73 Å². The Kier molecular flexibility index (Phi) is 4.98. The smallest absolute Gasteiger partial charge is 0.274 e. The molecule has 0 atom stereocenters. The van der Waals surface area contributed by atoms with E-state index in [1.165, 1.54) is 33.5 Å². The molecule has 0 radical (unpaired) electrons. The van der Waals surface area contributed by atoms with Crippen LogP contribution in [0, 0.1) is 13.8 Å². The van der Waals surface area contributed by atoms with E-state index in [-0.39, 0.29) is 17.3 Å². The number of nitrogens with two attached hydrogens (primary N) is 1. The summed E-state index contributed by atoms with van der Waals surface area (Å²) in [6.45, 7) is 4.17. The molecule has 0 saturated heterocycles. The van der Waals surface area contributed by atoms with Gasteiger partial charge in [0, 0.05) is 17.4 Å². The first-order chi connectivity index (χ1) is 15.5. The first-order valence-corrected chi connectivity index (χ1v) is 10.9. The number of anilines is 1. The molecule has 2 aromatic carbocycles. The van der Waals surface area contributed by atoms with Crippen LogP contribution in [0.25, 0.3) is 22.9 Å². The van der Waals surface area contributed by atoms with Gasteiger partial charge in [0.05, 0.1) is 11.4 Å². The summed E-state index contributed by atoms with van der Waals surface area (Å²) in [6.07, 6.45) is 0. The first kappa shape index (κ1) is 20.0. The Labute approximate surface area is 187 Å². The Morgan fingerprint density at radius 3 is 2.59 bits per heavy atom. The fraction of sp³-hybridized carbons (Fsp3) is 0.136. The number of nitrogens with zero attached hydrogens (tertiary/aromatic N) is 6. The SMILES string of the molecule is Cc1ccc(-n2c(SCc3cc(=O)n4[nH]c(N)nc4n3)nnc2-c2ccccc2)cc1C. The van der Waals surface area contributed by atoms with Gasteiger partial charge in [0.25, 0.3) is 11.3 Å². The van der Waals surface area contributed by atoms with Crippen molar-refractivity contribution < 1.29 is 0 Å². The van der Waals surface area contributed by atoms with Gasteiger partial charge in [-0.3, -0.25) is 14.5 Å². The third-order valence-electron chi connectivity index (χ3n) is 5.16. The molecule has 0 bridgehead atoms. The molecule has 5 aromatic rings. The standard InChI is InChI=1S/C22H20N8OS/c1-13-8-9-17(10-14(13)2)29-19(15-6-4-3-5-7-15)26-27-22(29)32-12-16-11-18(31)30-21(24-16)25-20(23)28-30/h3-11H,12H2,1-2H3,(H3,23,24,25,28). The molecular formula is C22H20N8OS. The summed E-state index contributed by atoms with van der Waals surface area (Å²) in [6, 6.07) is 17.7. The largest absolute Gasteiger partial charge is 0.368 e. The van der Waals surface area contributed by atoms with Crippen molar-refractivity contribution in [3.63, 3.8) is 0 Å². The topological polar surface area (TPSA) is 120 Å². The summed E-state index contributed by atoms with van der Waals surface area (Å²) >= 11 is 1.45. The molecule has 3 heterocycles. The molecule has 0 aliphatic heterocycles. The summed E-state index contributed by atoms with van der Waals surface area (Å²) < 4.78 is 3.25. The lowest BCUT2D eigenvalue weighted by Crippen LogP contribution is -2.15. The molecule has 0 amide bonds. The van der Waals surface area contributed by atoms with Crippen molar-refractivity contribution >= 4 is 23.5 Å². The number of benzene rings is 2. The average molecular weight is 445 g/mol. The van der Waals surface area contributed by atoms with Crippen LogP contribution in [0.2, 0.25) is 0 Å². The number of hydrogen-bond acceptors (Lipinski definition) is 7. The fourth-order valence-electron chi connectivity index (χ4n) is 3.39. The second kappa shape index (κ2) is 7.97. The van der Waals surface area contributed by atoms with Crippen molar-refractivity contribution in [1.82, 2.24) is 34.3 Å². The second-order valence-electron chi connectivity index (χ2n) is 7.39. The molecule has 0 spiro atoms. The van der Waals surface area contributed by atoms with Gasteiger partial charge in [0.1, 0.15) is 0 Å². The van der Waals surface area contributed by atoms with Gasteiger partial charge >= 0.3 is 0 Å². The van der Waals surface area contributed by atoms with E-state index in [0.29, 0.717) is 16.6 Å². The van der Waals surface area contributed by atoms with E-state index in [9.17, 15) is 4.79 Å². The first-order valence-electron chi connectivity index (χ1n) is 9.95. The molecule has 3 N–H and O–H groups in total. The van der Waals surface area contributed by atoms with Gasteiger partial charge in [-0.05, 0) is 37.1 Å². The third-order valence-corrected chi connectivity index (χ3v) is 6.13. The highest BCUT2D eigenvalue weighted by Crippen LogP contribution is 2.30. The lowest BCUT2D eigenvalue weighted by atomic mass is 10.1.